The zero-order chi connectivity index (χ0) is 18.5. The predicted molar refractivity (Wildman–Crippen MR) is 98.3 cm³/mol. The van der Waals surface area contributed by atoms with Crippen molar-refractivity contribution in [3.8, 4) is 0 Å². The van der Waals surface area contributed by atoms with Crippen LogP contribution in [-0.2, 0) is 20.8 Å². The zero-order valence-corrected chi connectivity index (χ0v) is 15.4. The van der Waals surface area contributed by atoms with Gasteiger partial charge in [-0.05, 0) is 18.4 Å². The summed E-state index contributed by atoms with van der Waals surface area (Å²) in [6.07, 6.45) is 1.88. The van der Waals surface area contributed by atoms with Gasteiger partial charge in [0.1, 0.15) is 0 Å². The van der Waals surface area contributed by atoms with E-state index in [4.69, 9.17) is 0 Å². The number of carbonyl (C=O) groups excluding carboxylic acids is 3. The SMILES string of the molecule is CC(=O)N1CCN(C(=O)C2CCN(C(=O)Cc3ccccc3)CC2)CC1. The van der Waals surface area contributed by atoms with E-state index in [1.165, 1.54) is 0 Å². The van der Waals surface area contributed by atoms with Crippen molar-refractivity contribution in [2.24, 2.45) is 5.92 Å². The molecule has 0 N–H and O–H groups in total. The van der Waals surface area contributed by atoms with Gasteiger partial charge in [0.05, 0.1) is 6.42 Å². The summed E-state index contributed by atoms with van der Waals surface area (Å²) in [6, 6.07) is 9.77. The third kappa shape index (κ3) is 4.42. The van der Waals surface area contributed by atoms with Crippen molar-refractivity contribution in [1.82, 2.24) is 14.7 Å². The van der Waals surface area contributed by atoms with Crippen LogP contribution in [0.25, 0.3) is 0 Å². The Bertz CT molecular complexity index is 646. The minimum absolute atomic E-state index is 0.000321. The topological polar surface area (TPSA) is 60.9 Å². The average Bonchev–Trinajstić information content (AvgIpc) is 2.68. The Labute approximate surface area is 154 Å². The molecular weight excluding hydrogens is 330 g/mol. The highest BCUT2D eigenvalue weighted by Gasteiger charge is 2.31. The first kappa shape index (κ1) is 18.4. The molecule has 0 aromatic heterocycles. The molecule has 0 spiro atoms. The summed E-state index contributed by atoms with van der Waals surface area (Å²) >= 11 is 0. The van der Waals surface area contributed by atoms with Crippen LogP contribution in [0.5, 0.6) is 0 Å². The normalized spacial score (nSPS) is 18.7. The summed E-state index contributed by atoms with van der Waals surface area (Å²) in [7, 11) is 0. The molecule has 1 aromatic rings. The molecule has 140 valence electrons. The standard InChI is InChI=1S/C20H27N3O3/c1-16(24)21-11-13-23(14-12-21)20(26)18-7-9-22(10-8-18)19(25)15-17-5-3-2-4-6-17/h2-6,18H,7-15H2,1H3. The number of hydrogen-bond acceptors (Lipinski definition) is 3. The molecule has 2 fully saturated rings. The molecule has 0 bridgehead atoms. The quantitative estimate of drug-likeness (QED) is 0.816. The van der Waals surface area contributed by atoms with E-state index in [2.05, 4.69) is 0 Å². The second kappa shape index (κ2) is 8.34. The fraction of sp³-hybridized carbons (Fsp3) is 0.550. The van der Waals surface area contributed by atoms with Gasteiger partial charge in [0.15, 0.2) is 0 Å². The Morgan fingerprint density at radius 2 is 1.42 bits per heavy atom. The van der Waals surface area contributed by atoms with Crippen molar-refractivity contribution in [2.45, 2.75) is 26.2 Å². The first-order chi connectivity index (χ1) is 12.5. The van der Waals surface area contributed by atoms with Gasteiger partial charge >= 0.3 is 0 Å². The lowest BCUT2D eigenvalue weighted by molar-refractivity contribution is -0.144. The van der Waals surface area contributed by atoms with E-state index in [9.17, 15) is 14.4 Å². The Hall–Kier alpha value is -2.37. The largest absolute Gasteiger partial charge is 0.342 e. The van der Waals surface area contributed by atoms with Crippen molar-refractivity contribution >= 4 is 17.7 Å². The lowest BCUT2D eigenvalue weighted by atomic mass is 9.94. The number of carbonyl (C=O) groups is 3. The minimum Gasteiger partial charge on any atom is -0.342 e. The number of amides is 3. The fourth-order valence-corrected chi connectivity index (χ4v) is 3.76. The maximum Gasteiger partial charge on any atom is 0.226 e. The van der Waals surface area contributed by atoms with E-state index >= 15 is 0 Å². The van der Waals surface area contributed by atoms with Crippen molar-refractivity contribution < 1.29 is 14.4 Å². The summed E-state index contributed by atoms with van der Waals surface area (Å²) in [5.74, 6) is 0.391. The molecule has 2 aliphatic heterocycles. The van der Waals surface area contributed by atoms with Crippen LogP contribution in [0.1, 0.15) is 25.3 Å². The lowest BCUT2D eigenvalue weighted by Gasteiger charge is -2.38. The van der Waals surface area contributed by atoms with Crippen molar-refractivity contribution in [2.75, 3.05) is 39.3 Å². The van der Waals surface area contributed by atoms with Gasteiger partial charge in [-0.1, -0.05) is 30.3 Å². The highest BCUT2D eigenvalue weighted by atomic mass is 16.2. The maximum atomic E-state index is 12.7. The van der Waals surface area contributed by atoms with Gasteiger partial charge in [0, 0.05) is 52.1 Å². The number of nitrogens with zero attached hydrogens (tertiary/aromatic N) is 3. The van der Waals surface area contributed by atoms with Gasteiger partial charge in [-0.25, -0.2) is 0 Å². The van der Waals surface area contributed by atoms with Gasteiger partial charge in [-0.15, -0.1) is 0 Å². The molecule has 6 heteroatoms. The molecule has 0 atom stereocenters. The van der Waals surface area contributed by atoms with Gasteiger partial charge < -0.3 is 14.7 Å². The van der Waals surface area contributed by atoms with Gasteiger partial charge in [0.25, 0.3) is 0 Å². The molecule has 0 unspecified atom stereocenters. The van der Waals surface area contributed by atoms with Gasteiger partial charge in [0.2, 0.25) is 17.7 Å². The molecule has 1 aromatic carbocycles. The van der Waals surface area contributed by atoms with Crippen LogP contribution in [-0.4, -0.2) is 71.7 Å². The Kier molecular flexibility index (Phi) is 5.91. The number of rotatable bonds is 3. The van der Waals surface area contributed by atoms with E-state index in [1.54, 1.807) is 11.8 Å². The Morgan fingerprint density at radius 3 is 2.00 bits per heavy atom. The van der Waals surface area contributed by atoms with Crippen LogP contribution in [0, 0.1) is 5.92 Å². The van der Waals surface area contributed by atoms with E-state index in [-0.39, 0.29) is 23.6 Å². The highest BCUT2D eigenvalue weighted by Crippen LogP contribution is 2.21. The van der Waals surface area contributed by atoms with Crippen LogP contribution in [0.15, 0.2) is 30.3 Å². The molecular formula is C20H27N3O3. The monoisotopic (exact) mass is 357 g/mol. The number of piperazine rings is 1. The van der Waals surface area contributed by atoms with E-state index in [0.29, 0.717) is 45.7 Å². The molecule has 26 heavy (non-hydrogen) atoms. The second-order valence-corrected chi connectivity index (χ2v) is 7.15. The van der Waals surface area contributed by atoms with Gasteiger partial charge in [-0.2, -0.15) is 0 Å². The van der Waals surface area contributed by atoms with Crippen molar-refractivity contribution in [3.05, 3.63) is 35.9 Å². The average molecular weight is 357 g/mol. The fourth-order valence-electron chi connectivity index (χ4n) is 3.76. The first-order valence-corrected chi connectivity index (χ1v) is 9.40. The summed E-state index contributed by atoms with van der Waals surface area (Å²) in [4.78, 5) is 42.1. The summed E-state index contributed by atoms with van der Waals surface area (Å²) < 4.78 is 0. The predicted octanol–water partition coefficient (Wildman–Crippen LogP) is 1.16. The smallest absolute Gasteiger partial charge is 0.226 e. The molecule has 0 saturated carbocycles. The molecule has 2 aliphatic rings. The maximum absolute atomic E-state index is 12.7. The number of benzene rings is 1. The highest BCUT2D eigenvalue weighted by molar-refractivity contribution is 5.81. The lowest BCUT2D eigenvalue weighted by Crippen LogP contribution is -2.52. The number of likely N-dealkylation sites (tertiary alicyclic amines) is 1. The number of hydrogen-bond donors (Lipinski definition) is 0. The summed E-state index contributed by atoms with van der Waals surface area (Å²) in [5, 5.41) is 0. The number of piperidine rings is 1. The van der Waals surface area contributed by atoms with Crippen LogP contribution < -0.4 is 0 Å². The Balaban J connectivity index is 1.45. The minimum atomic E-state index is -0.000321. The Morgan fingerprint density at radius 1 is 0.846 bits per heavy atom. The van der Waals surface area contributed by atoms with Crippen LogP contribution in [0.4, 0.5) is 0 Å². The third-order valence-corrected chi connectivity index (χ3v) is 5.43. The van der Waals surface area contributed by atoms with Gasteiger partial charge in [-0.3, -0.25) is 14.4 Å². The van der Waals surface area contributed by atoms with E-state index in [0.717, 1.165) is 18.4 Å². The molecule has 3 amide bonds. The van der Waals surface area contributed by atoms with Crippen LogP contribution in [0.2, 0.25) is 0 Å². The molecule has 3 rings (SSSR count). The van der Waals surface area contributed by atoms with Crippen LogP contribution in [0.3, 0.4) is 0 Å². The van der Waals surface area contributed by atoms with Crippen molar-refractivity contribution in [3.63, 3.8) is 0 Å². The van der Waals surface area contributed by atoms with E-state index in [1.807, 2.05) is 40.1 Å². The molecule has 0 radical (unpaired) electrons. The molecule has 6 nitrogen and oxygen atoms in total. The zero-order valence-electron chi connectivity index (χ0n) is 15.4. The first-order valence-electron chi connectivity index (χ1n) is 9.40. The van der Waals surface area contributed by atoms with Crippen LogP contribution >= 0.6 is 0 Å². The van der Waals surface area contributed by atoms with E-state index < -0.39 is 0 Å². The second-order valence-electron chi connectivity index (χ2n) is 7.15. The van der Waals surface area contributed by atoms with Crippen molar-refractivity contribution in [1.29, 1.82) is 0 Å². The summed E-state index contributed by atoms with van der Waals surface area (Å²) in [5.41, 5.74) is 1.03. The molecule has 0 aliphatic carbocycles. The molecule has 2 saturated heterocycles. The molecule has 2 heterocycles. The summed E-state index contributed by atoms with van der Waals surface area (Å²) in [6.45, 7) is 5.34. The third-order valence-electron chi connectivity index (χ3n) is 5.43.